The number of nitrogens with zero attached hydrogens (tertiary/aromatic N) is 1. The van der Waals surface area contributed by atoms with Crippen molar-refractivity contribution in [3.8, 4) is 11.5 Å². The summed E-state index contributed by atoms with van der Waals surface area (Å²) in [6.07, 6.45) is 2.33. The molecule has 4 N–H and O–H groups in total. The quantitative estimate of drug-likeness (QED) is 0.385. The number of primary amides is 1. The third kappa shape index (κ3) is 6.76. The highest BCUT2D eigenvalue weighted by molar-refractivity contribution is 6.30. The Morgan fingerprint density at radius 3 is 2.82 bits per heavy atom. The van der Waals surface area contributed by atoms with Crippen molar-refractivity contribution in [2.24, 2.45) is 5.73 Å². The largest absolute Gasteiger partial charge is 0.490 e. The predicted molar refractivity (Wildman–Crippen MR) is 132 cm³/mol. The maximum atomic E-state index is 12.2. The van der Waals surface area contributed by atoms with Crippen LogP contribution in [0.2, 0.25) is 5.02 Å². The number of nitrogens with two attached hydrogens (primary N) is 1. The van der Waals surface area contributed by atoms with E-state index >= 15 is 0 Å². The smallest absolute Gasteiger partial charge is 0.250 e. The third-order valence-corrected chi connectivity index (χ3v) is 5.90. The van der Waals surface area contributed by atoms with Gasteiger partial charge < -0.3 is 30.5 Å². The van der Waals surface area contributed by atoms with Gasteiger partial charge in [-0.3, -0.25) is 4.79 Å². The van der Waals surface area contributed by atoms with Crippen LogP contribution in [-0.2, 0) is 12.8 Å². The van der Waals surface area contributed by atoms with Crippen LogP contribution in [0.1, 0.15) is 41.8 Å². The van der Waals surface area contributed by atoms with E-state index in [9.17, 15) is 4.79 Å². The van der Waals surface area contributed by atoms with Crippen LogP contribution in [0.4, 0.5) is 5.69 Å². The first-order valence-electron chi connectivity index (χ1n) is 11.5. The lowest BCUT2D eigenvalue weighted by molar-refractivity contribution is 0.100. The molecule has 8 heteroatoms. The normalized spacial score (nSPS) is 13.6. The summed E-state index contributed by atoms with van der Waals surface area (Å²) in [5.74, 6) is 0.903. The average molecular weight is 476 g/mol. The van der Waals surface area contributed by atoms with Crippen molar-refractivity contribution in [1.29, 1.82) is 0 Å². The zero-order valence-electron chi connectivity index (χ0n) is 19.4. The number of benzene rings is 2. The highest BCUT2D eigenvalue weighted by Gasteiger charge is 2.25. The van der Waals surface area contributed by atoms with Crippen LogP contribution in [0.25, 0.3) is 0 Å². The fraction of sp³-hybridized carbons (Fsp3) is 0.480. The number of carbonyl (C=O) groups is 1. The molecule has 3 rings (SSSR count). The minimum Gasteiger partial charge on any atom is -0.490 e. The lowest BCUT2D eigenvalue weighted by Gasteiger charge is -2.22. The van der Waals surface area contributed by atoms with Gasteiger partial charge in [-0.15, -0.1) is 0 Å². The molecule has 0 aliphatic carbocycles. The molecule has 1 aliphatic heterocycles. The number of hydrogen-bond donors (Lipinski definition) is 3. The number of fused-ring (bicyclic) bond motifs is 1. The Hall–Kier alpha value is -2.48. The predicted octanol–water partition coefficient (Wildman–Crippen LogP) is 3.18. The lowest BCUT2D eigenvalue weighted by Crippen LogP contribution is -2.32. The Morgan fingerprint density at radius 1 is 1.27 bits per heavy atom. The highest BCUT2D eigenvalue weighted by Crippen LogP contribution is 2.34. The molecule has 0 saturated heterocycles. The van der Waals surface area contributed by atoms with E-state index in [0.29, 0.717) is 48.3 Å². The molecule has 33 heavy (non-hydrogen) atoms. The fourth-order valence-corrected chi connectivity index (χ4v) is 4.41. The molecule has 0 aromatic heterocycles. The molecule has 0 saturated carbocycles. The Morgan fingerprint density at radius 2 is 2.09 bits per heavy atom. The lowest BCUT2D eigenvalue weighted by atomic mass is 9.98. The second-order valence-corrected chi connectivity index (χ2v) is 8.70. The van der Waals surface area contributed by atoms with E-state index in [0.717, 1.165) is 42.7 Å². The van der Waals surface area contributed by atoms with Crippen molar-refractivity contribution in [1.82, 2.24) is 5.32 Å². The molecule has 180 valence electrons. The highest BCUT2D eigenvalue weighted by atomic mass is 35.5. The van der Waals surface area contributed by atoms with Gasteiger partial charge in [-0.2, -0.15) is 0 Å². The summed E-state index contributed by atoms with van der Waals surface area (Å²) in [5, 5.41) is 13.2. The van der Waals surface area contributed by atoms with Crippen LogP contribution in [0.5, 0.6) is 11.5 Å². The van der Waals surface area contributed by atoms with E-state index in [1.807, 2.05) is 19.1 Å². The van der Waals surface area contributed by atoms with Crippen LogP contribution in [0.3, 0.4) is 0 Å². The molecule has 7 nitrogen and oxygen atoms in total. The van der Waals surface area contributed by atoms with Gasteiger partial charge in [0.1, 0.15) is 6.61 Å². The maximum absolute atomic E-state index is 12.2. The van der Waals surface area contributed by atoms with Gasteiger partial charge in [-0.25, -0.2) is 0 Å². The van der Waals surface area contributed by atoms with Gasteiger partial charge in [0.15, 0.2) is 11.5 Å². The SMILES string of the molecule is CCOc1cc(Cl)ccc1OCCN[C@H](C)Cc1cc2c(c(C(N)=O)c1)N(CCCO)CC2. The molecular formula is C25H34ClN3O4. The van der Waals surface area contributed by atoms with Crippen molar-refractivity contribution < 1.29 is 19.4 Å². The summed E-state index contributed by atoms with van der Waals surface area (Å²) in [4.78, 5) is 14.3. The van der Waals surface area contributed by atoms with Crippen LogP contribution < -0.4 is 25.4 Å². The first kappa shape index (κ1) is 25.1. The Kier molecular flexibility index (Phi) is 9.23. The Labute approximate surface area is 200 Å². The first-order valence-corrected chi connectivity index (χ1v) is 11.9. The fourth-order valence-electron chi connectivity index (χ4n) is 4.24. The Bertz CT molecular complexity index is 953. The van der Waals surface area contributed by atoms with Gasteiger partial charge in [0.05, 0.1) is 17.9 Å². The average Bonchev–Trinajstić information content (AvgIpc) is 3.18. The molecule has 1 amide bonds. The number of nitrogens with one attached hydrogen (secondary N) is 1. The summed E-state index contributed by atoms with van der Waals surface area (Å²) in [6.45, 7) is 7.42. The number of halogens is 1. The standard InChI is InChI=1S/C25H34ClN3O4/c1-3-32-23-16-20(26)5-6-22(23)33-12-8-28-17(2)13-18-14-19-7-10-29(9-4-11-30)24(19)21(15-18)25(27)31/h5-6,14-17,28,30H,3-4,7-13H2,1-2H3,(H2,27,31)/t17-/m1/s1. The zero-order valence-corrected chi connectivity index (χ0v) is 20.2. The van der Waals surface area contributed by atoms with Crippen molar-refractivity contribution in [2.45, 2.75) is 39.2 Å². The van der Waals surface area contributed by atoms with E-state index in [1.165, 1.54) is 0 Å². The molecule has 1 atom stereocenters. The number of rotatable bonds is 13. The van der Waals surface area contributed by atoms with Crippen molar-refractivity contribution in [2.75, 3.05) is 44.4 Å². The van der Waals surface area contributed by atoms with Gasteiger partial charge in [-0.05, 0) is 62.4 Å². The van der Waals surface area contributed by atoms with Crippen LogP contribution in [-0.4, -0.2) is 56.5 Å². The number of aliphatic hydroxyl groups is 1. The topological polar surface area (TPSA) is 97.1 Å². The van der Waals surface area contributed by atoms with Gasteiger partial charge in [0.2, 0.25) is 0 Å². The summed E-state index contributed by atoms with van der Waals surface area (Å²) >= 11 is 6.04. The Balaban J connectivity index is 1.56. The number of ether oxygens (including phenoxy) is 2. The van der Waals surface area contributed by atoms with Crippen molar-refractivity contribution in [3.63, 3.8) is 0 Å². The molecule has 1 heterocycles. The van der Waals surface area contributed by atoms with E-state index in [2.05, 4.69) is 23.2 Å². The van der Waals surface area contributed by atoms with Crippen LogP contribution in [0.15, 0.2) is 30.3 Å². The summed E-state index contributed by atoms with van der Waals surface area (Å²) < 4.78 is 11.5. The molecule has 0 radical (unpaired) electrons. The monoisotopic (exact) mass is 475 g/mol. The number of hydrogen-bond acceptors (Lipinski definition) is 6. The zero-order chi connectivity index (χ0) is 23.8. The summed E-state index contributed by atoms with van der Waals surface area (Å²) in [7, 11) is 0. The van der Waals surface area contributed by atoms with E-state index in [-0.39, 0.29) is 12.6 Å². The molecule has 0 unspecified atom stereocenters. The minimum atomic E-state index is -0.411. The number of carbonyl (C=O) groups excluding carboxylic acids is 1. The summed E-state index contributed by atoms with van der Waals surface area (Å²) in [5.41, 5.74) is 9.45. The second-order valence-electron chi connectivity index (χ2n) is 8.26. The van der Waals surface area contributed by atoms with E-state index < -0.39 is 5.91 Å². The first-order chi connectivity index (χ1) is 15.9. The minimum absolute atomic E-state index is 0.133. The number of amides is 1. The number of anilines is 1. The number of aliphatic hydroxyl groups excluding tert-OH is 1. The van der Waals surface area contributed by atoms with Crippen LogP contribution >= 0.6 is 11.6 Å². The second kappa shape index (κ2) is 12.1. The molecule has 2 aromatic carbocycles. The molecular weight excluding hydrogens is 442 g/mol. The molecule has 1 aliphatic rings. The van der Waals surface area contributed by atoms with Crippen molar-refractivity contribution >= 4 is 23.2 Å². The van der Waals surface area contributed by atoms with Gasteiger partial charge in [0, 0.05) is 43.4 Å². The molecule has 0 bridgehead atoms. The molecule has 2 aromatic rings. The van der Waals surface area contributed by atoms with Gasteiger partial charge >= 0.3 is 0 Å². The third-order valence-electron chi connectivity index (χ3n) is 5.67. The van der Waals surface area contributed by atoms with E-state index in [1.54, 1.807) is 12.1 Å². The maximum Gasteiger partial charge on any atom is 0.250 e. The van der Waals surface area contributed by atoms with Crippen molar-refractivity contribution in [3.05, 3.63) is 52.0 Å². The molecule has 0 fully saturated rings. The molecule has 0 spiro atoms. The van der Waals surface area contributed by atoms with Crippen LogP contribution in [0, 0.1) is 0 Å². The summed E-state index contributed by atoms with van der Waals surface area (Å²) in [6, 6.07) is 9.63. The van der Waals surface area contributed by atoms with E-state index in [4.69, 9.17) is 31.9 Å². The van der Waals surface area contributed by atoms with Gasteiger partial charge in [0.25, 0.3) is 5.91 Å². The van der Waals surface area contributed by atoms with Gasteiger partial charge in [-0.1, -0.05) is 17.7 Å².